The second kappa shape index (κ2) is 4.35. The Balaban J connectivity index is 2.60. The molecule has 2 aromatic rings. The molecule has 0 saturated carbocycles. The van der Waals surface area contributed by atoms with Crippen LogP contribution in [0.3, 0.4) is 0 Å². The van der Waals surface area contributed by atoms with Gasteiger partial charge < -0.3 is 4.74 Å². The van der Waals surface area contributed by atoms with Gasteiger partial charge in [0.1, 0.15) is 0 Å². The minimum absolute atomic E-state index is 0.307. The summed E-state index contributed by atoms with van der Waals surface area (Å²) in [6.45, 7) is 4.78. The van der Waals surface area contributed by atoms with Crippen LogP contribution >= 0.6 is 0 Å². The fraction of sp³-hybridized carbons (Fsp3) is 0.333. The predicted molar refractivity (Wildman–Crippen MR) is 61.4 cm³/mol. The highest BCUT2D eigenvalue weighted by atomic mass is 16.5. The summed E-state index contributed by atoms with van der Waals surface area (Å²) in [4.78, 5) is 11.8. The summed E-state index contributed by atoms with van der Waals surface area (Å²) in [5, 5.41) is 5.20. The van der Waals surface area contributed by atoms with Gasteiger partial charge >= 0.3 is 5.97 Å². The van der Waals surface area contributed by atoms with Crippen LogP contribution in [0, 0.1) is 0 Å². The van der Waals surface area contributed by atoms with Crippen molar-refractivity contribution in [3.8, 4) is 0 Å². The van der Waals surface area contributed by atoms with Gasteiger partial charge in [-0.15, -0.1) is 0 Å². The molecule has 0 bridgehead atoms. The maximum atomic E-state index is 11.8. The Morgan fingerprint density at radius 1 is 1.38 bits per heavy atom. The molecule has 1 aromatic carbocycles. The van der Waals surface area contributed by atoms with Crippen molar-refractivity contribution in [3.05, 3.63) is 30.0 Å². The topological polar surface area (TPSA) is 44.1 Å². The molecule has 4 heteroatoms. The van der Waals surface area contributed by atoms with E-state index in [4.69, 9.17) is 4.74 Å². The Hall–Kier alpha value is -1.84. The molecule has 0 saturated heterocycles. The van der Waals surface area contributed by atoms with E-state index >= 15 is 0 Å². The Morgan fingerprint density at radius 3 is 2.81 bits per heavy atom. The molecule has 0 aliphatic carbocycles. The number of carbonyl (C=O) groups is 1. The summed E-state index contributed by atoms with van der Waals surface area (Å²) < 4.78 is 6.72. The van der Waals surface area contributed by atoms with Crippen LogP contribution in [-0.2, 0) is 11.3 Å². The summed E-state index contributed by atoms with van der Waals surface area (Å²) >= 11 is 0. The molecule has 0 aliphatic rings. The van der Waals surface area contributed by atoms with Crippen LogP contribution in [-0.4, -0.2) is 22.4 Å². The standard InChI is InChI=1S/C12H14N2O2/c1-3-14-11(12(15)16-4-2)9-7-5-6-8-10(9)13-14/h5-8H,3-4H2,1-2H3. The summed E-state index contributed by atoms with van der Waals surface area (Å²) in [5.41, 5.74) is 1.37. The van der Waals surface area contributed by atoms with E-state index in [1.54, 1.807) is 11.6 Å². The molecule has 0 unspecified atom stereocenters. The minimum Gasteiger partial charge on any atom is -0.461 e. The number of hydrogen-bond donors (Lipinski definition) is 0. The van der Waals surface area contributed by atoms with Crippen LogP contribution in [0.5, 0.6) is 0 Å². The number of esters is 1. The third kappa shape index (κ3) is 1.66. The molecule has 0 amide bonds. The third-order valence-corrected chi connectivity index (χ3v) is 2.41. The van der Waals surface area contributed by atoms with E-state index in [-0.39, 0.29) is 5.97 Å². The van der Waals surface area contributed by atoms with Gasteiger partial charge in [0, 0.05) is 11.9 Å². The molecule has 4 nitrogen and oxygen atoms in total. The normalized spacial score (nSPS) is 10.6. The van der Waals surface area contributed by atoms with Gasteiger partial charge in [0.15, 0.2) is 5.69 Å². The molecule has 16 heavy (non-hydrogen) atoms. The molecular formula is C12H14N2O2. The molecule has 0 aliphatic heterocycles. The van der Waals surface area contributed by atoms with E-state index in [9.17, 15) is 4.79 Å². The van der Waals surface area contributed by atoms with Gasteiger partial charge in [-0.2, -0.15) is 5.10 Å². The van der Waals surface area contributed by atoms with Crippen LogP contribution in [0.2, 0.25) is 0 Å². The van der Waals surface area contributed by atoms with E-state index in [1.165, 1.54) is 0 Å². The summed E-state index contributed by atoms with van der Waals surface area (Å²) in [7, 11) is 0. The number of benzene rings is 1. The lowest BCUT2D eigenvalue weighted by Crippen LogP contribution is -2.12. The van der Waals surface area contributed by atoms with Crippen LogP contribution < -0.4 is 0 Å². The number of rotatable bonds is 3. The molecule has 0 atom stereocenters. The number of aromatic nitrogens is 2. The Labute approximate surface area is 93.8 Å². The lowest BCUT2D eigenvalue weighted by Gasteiger charge is -2.04. The van der Waals surface area contributed by atoms with Crippen molar-refractivity contribution in [1.82, 2.24) is 9.78 Å². The van der Waals surface area contributed by atoms with Gasteiger partial charge in [-0.3, -0.25) is 4.68 Å². The number of carbonyl (C=O) groups excluding carboxylic acids is 1. The van der Waals surface area contributed by atoms with Crippen molar-refractivity contribution in [2.24, 2.45) is 0 Å². The number of fused-ring (bicyclic) bond motifs is 1. The third-order valence-electron chi connectivity index (χ3n) is 2.41. The highest BCUT2D eigenvalue weighted by molar-refractivity contribution is 6.02. The van der Waals surface area contributed by atoms with Crippen molar-refractivity contribution < 1.29 is 9.53 Å². The first-order valence-corrected chi connectivity index (χ1v) is 5.40. The van der Waals surface area contributed by atoms with E-state index in [0.29, 0.717) is 18.8 Å². The molecule has 2 rings (SSSR count). The zero-order chi connectivity index (χ0) is 11.5. The van der Waals surface area contributed by atoms with Crippen LogP contribution in [0.15, 0.2) is 24.3 Å². The van der Waals surface area contributed by atoms with Gasteiger partial charge in [0.05, 0.1) is 12.1 Å². The molecule has 0 radical (unpaired) electrons. The predicted octanol–water partition coefficient (Wildman–Crippen LogP) is 2.23. The maximum Gasteiger partial charge on any atom is 0.357 e. The van der Waals surface area contributed by atoms with Crippen molar-refractivity contribution in [2.45, 2.75) is 20.4 Å². The summed E-state index contributed by atoms with van der Waals surface area (Å²) in [6, 6.07) is 7.59. The van der Waals surface area contributed by atoms with Gasteiger partial charge in [-0.05, 0) is 19.9 Å². The van der Waals surface area contributed by atoms with E-state index in [0.717, 1.165) is 10.9 Å². The first kappa shape index (κ1) is 10.7. The average molecular weight is 218 g/mol. The van der Waals surface area contributed by atoms with Crippen LogP contribution in [0.25, 0.3) is 10.9 Å². The Morgan fingerprint density at radius 2 is 2.12 bits per heavy atom. The molecule has 0 fully saturated rings. The minimum atomic E-state index is -0.307. The van der Waals surface area contributed by atoms with Crippen molar-refractivity contribution in [3.63, 3.8) is 0 Å². The lowest BCUT2D eigenvalue weighted by molar-refractivity contribution is 0.0514. The van der Waals surface area contributed by atoms with Crippen molar-refractivity contribution in [1.29, 1.82) is 0 Å². The quantitative estimate of drug-likeness (QED) is 0.742. The SMILES string of the molecule is CCOC(=O)c1c2ccccc2nn1CC. The lowest BCUT2D eigenvalue weighted by atomic mass is 10.2. The zero-order valence-electron chi connectivity index (χ0n) is 9.43. The number of nitrogens with zero attached hydrogens (tertiary/aromatic N) is 2. The van der Waals surface area contributed by atoms with E-state index in [2.05, 4.69) is 5.10 Å². The summed E-state index contributed by atoms with van der Waals surface area (Å²) in [5.74, 6) is -0.307. The number of ether oxygens (including phenoxy) is 1. The van der Waals surface area contributed by atoms with E-state index < -0.39 is 0 Å². The molecule has 1 aromatic heterocycles. The van der Waals surface area contributed by atoms with E-state index in [1.807, 2.05) is 31.2 Å². The molecule has 0 N–H and O–H groups in total. The largest absolute Gasteiger partial charge is 0.461 e. The van der Waals surface area contributed by atoms with Crippen LogP contribution in [0.1, 0.15) is 24.3 Å². The first-order valence-electron chi connectivity index (χ1n) is 5.40. The Kier molecular flexibility index (Phi) is 2.90. The van der Waals surface area contributed by atoms with Gasteiger partial charge in [-0.1, -0.05) is 18.2 Å². The van der Waals surface area contributed by atoms with Crippen molar-refractivity contribution >= 4 is 16.9 Å². The van der Waals surface area contributed by atoms with Gasteiger partial charge in [-0.25, -0.2) is 4.79 Å². The maximum absolute atomic E-state index is 11.8. The average Bonchev–Trinajstić information content (AvgIpc) is 2.67. The number of aryl methyl sites for hydroxylation is 1. The first-order chi connectivity index (χ1) is 7.77. The fourth-order valence-corrected chi connectivity index (χ4v) is 1.72. The van der Waals surface area contributed by atoms with Gasteiger partial charge in [0.2, 0.25) is 0 Å². The Bertz CT molecular complexity index is 517. The van der Waals surface area contributed by atoms with Crippen molar-refractivity contribution in [2.75, 3.05) is 6.61 Å². The zero-order valence-corrected chi connectivity index (χ0v) is 9.43. The number of hydrogen-bond acceptors (Lipinski definition) is 3. The highest BCUT2D eigenvalue weighted by Crippen LogP contribution is 2.18. The monoisotopic (exact) mass is 218 g/mol. The smallest absolute Gasteiger partial charge is 0.357 e. The summed E-state index contributed by atoms with van der Waals surface area (Å²) in [6.07, 6.45) is 0. The highest BCUT2D eigenvalue weighted by Gasteiger charge is 2.17. The molecule has 84 valence electrons. The van der Waals surface area contributed by atoms with Crippen LogP contribution in [0.4, 0.5) is 0 Å². The second-order valence-electron chi connectivity index (χ2n) is 3.40. The fourth-order valence-electron chi connectivity index (χ4n) is 1.72. The van der Waals surface area contributed by atoms with Gasteiger partial charge in [0.25, 0.3) is 0 Å². The molecular weight excluding hydrogens is 204 g/mol. The molecule has 0 spiro atoms. The second-order valence-corrected chi connectivity index (χ2v) is 3.40. The molecule has 1 heterocycles.